The fraction of sp³-hybridized carbons (Fsp3) is 0.533. The minimum absolute atomic E-state index is 0.342. The van der Waals surface area contributed by atoms with Crippen LogP contribution in [0.3, 0.4) is 0 Å². The van der Waals surface area contributed by atoms with Crippen molar-refractivity contribution in [3.8, 4) is 5.75 Å². The lowest BCUT2D eigenvalue weighted by Gasteiger charge is -2.27. The maximum Gasteiger partial charge on any atom is 0.235 e. The molecule has 3 nitrogen and oxygen atoms in total. The Balaban J connectivity index is 1.86. The Labute approximate surface area is 117 Å². The second-order valence-electron chi connectivity index (χ2n) is 5.25. The molecule has 1 saturated carbocycles. The van der Waals surface area contributed by atoms with Crippen molar-refractivity contribution in [3.05, 3.63) is 29.8 Å². The van der Waals surface area contributed by atoms with E-state index in [1.54, 1.807) is 6.08 Å². The Bertz CT molecular complexity index is 501. The molecule has 100 valence electrons. The first kappa shape index (κ1) is 12.8. The molecule has 1 aromatic carbocycles. The largest absolute Gasteiger partial charge is 0.489 e. The fourth-order valence-corrected chi connectivity index (χ4v) is 3.41. The normalized spacial score (nSPS) is 21.5. The number of nitrogens with zero attached hydrogens (tertiary/aromatic N) is 1. The zero-order chi connectivity index (χ0) is 13.1. The van der Waals surface area contributed by atoms with Crippen LogP contribution in [0.4, 0.5) is 0 Å². The van der Waals surface area contributed by atoms with Crippen LogP contribution in [0.25, 0.3) is 0 Å². The van der Waals surface area contributed by atoms with Gasteiger partial charge >= 0.3 is 0 Å². The first-order valence-electron chi connectivity index (χ1n) is 6.76. The average Bonchev–Trinajstić information content (AvgIpc) is 2.85. The number of ether oxygens (including phenoxy) is 1. The van der Waals surface area contributed by atoms with Gasteiger partial charge in [0.2, 0.25) is 6.08 Å². The summed E-state index contributed by atoms with van der Waals surface area (Å²) in [4.78, 5) is 14.8. The number of carbonyl (C=O) groups excluding carboxylic acids is 1. The standard InChI is InChI=1S/C15H17NO2S/c17-11-16-15(6-1-2-7-15)12-4-3-5-13(8-12)18-14-9-19-10-14/h3-5,8,14H,1-2,6-7,9-10H2. The van der Waals surface area contributed by atoms with Gasteiger partial charge in [-0.15, -0.1) is 0 Å². The van der Waals surface area contributed by atoms with E-state index in [4.69, 9.17) is 4.74 Å². The lowest BCUT2D eigenvalue weighted by atomic mass is 9.89. The lowest BCUT2D eigenvalue weighted by molar-refractivity contribution is 0.239. The molecule has 0 amide bonds. The molecular weight excluding hydrogens is 258 g/mol. The van der Waals surface area contributed by atoms with Crippen molar-refractivity contribution in [2.75, 3.05) is 11.5 Å². The van der Waals surface area contributed by atoms with Crippen LogP contribution in [0, 0.1) is 0 Å². The van der Waals surface area contributed by atoms with Gasteiger partial charge in [-0.3, -0.25) is 0 Å². The van der Waals surface area contributed by atoms with Crippen molar-refractivity contribution in [2.45, 2.75) is 37.3 Å². The highest BCUT2D eigenvalue weighted by atomic mass is 32.2. The summed E-state index contributed by atoms with van der Waals surface area (Å²) in [5.74, 6) is 3.04. The quantitative estimate of drug-likeness (QED) is 0.625. The molecule has 1 aliphatic carbocycles. The summed E-state index contributed by atoms with van der Waals surface area (Å²) in [6.07, 6.45) is 6.22. The number of rotatable bonds is 4. The Kier molecular flexibility index (Phi) is 3.63. The van der Waals surface area contributed by atoms with Crippen molar-refractivity contribution in [3.63, 3.8) is 0 Å². The van der Waals surface area contributed by atoms with Crippen LogP contribution in [-0.4, -0.2) is 23.7 Å². The molecule has 0 spiro atoms. The Morgan fingerprint density at radius 3 is 2.74 bits per heavy atom. The van der Waals surface area contributed by atoms with E-state index in [1.807, 2.05) is 23.9 Å². The van der Waals surface area contributed by atoms with Crippen LogP contribution in [0.5, 0.6) is 5.75 Å². The van der Waals surface area contributed by atoms with E-state index >= 15 is 0 Å². The molecule has 1 aromatic rings. The van der Waals surface area contributed by atoms with Crippen LogP contribution < -0.4 is 4.74 Å². The summed E-state index contributed by atoms with van der Waals surface area (Å²) in [7, 11) is 0. The fourth-order valence-electron chi connectivity index (χ4n) is 2.85. The van der Waals surface area contributed by atoms with Gasteiger partial charge in [0.05, 0.1) is 5.54 Å². The van der Waals surface area contributed by atoms with Crippen LogP contribution in [0.1, 0.15) is 31.2 Å². The molecule has 3 rings (SSSR count). The predicted octanol–water partition coefficient (Wildman–Crippen LogP) is 3.29. The third-order valence-corrected chi connectivity index (χ3v) is 5.19. The molecule has 0 N–H and O–H groups in total. The topological polar surface area (TPSA) is 38.7 Å². The van der Waals surface area contributed by atoms with Crippen LogP contribution in [0.2, 0.25) is 0 Å². The molecule has 2 aliphatic rings. The van der Waals surface area contributed by atoms with Gasteiger partial charge in [0.25, 0.3) is 0 Å². The first-order valence-corrected chi connectivity index (χ1v) is 7.92. The molecule has 19 heavy (non-hydrogen) atoms. The molecular formula is C15H17NO2S. The Hall–Kier alpha value is -1.25. The van der Waals surface area contributed by atoms with Gasteiger partial charge in [0.1, 0.15) is 11.9 Å². The highest BCUT2D eigenvalue weighted by molar-refractivity contribution is 8.00. The lowest BCUT2D eigenvalue weighted by Crippen LogP contribution is -2.31. The third-order valence-electron chi connectivity index (χ3n) is 3.97. The van der Waals surface area contributed by atoms with Crippen molar-refractivity contribution >= 4 is 17.8 Å². The maximum absolute atomic E-state index is 10.7. The highest BCUT2D eigenvalue weighted by Gasteiger charge is 2.36. The molecule has 1 aliphatic heterocycles. The predicted molar refractivity (Wildman–Crippen MR) is 76.5 cm³/mol. The number of hydrogen-bond acceptors (Lipinski definition) is 4. The number of benzene rings is 1. The third kappa shape index (κ3) is 2.56. The Morgan fingerprint density at radius 2 is 2.11 bits per heavy atom. The van der Waals surface area contributed by atoms with Gasteiger partial charge in [-0.25, -0.2) is 4.79 Å². The summed E-state index contributed by atoms with van der Waals surface area (Å²) in [6, 6.07) is 8.08. The van der Waals surface area contributed by atoms with Crippen molar-refractivity contribution < 1.29 is 9.53 Å². The van der Waals surface area contributed by atoms with E-state index in [-0.39, 0.29) is 5.54 Å². The van der Waals surface area contributed by atoms with Gasteiger partial charge in [0.15, 0.2) is 0 Å². The van der Waals surface area contributed by atoms with E-state index in [1.165, 1.54) is 0 Å². The zero-order valence-electron chi connectivity index (χ0n) is 10.8. The van der Waals surface area contributed by atoms with E-state index < -0.39 is 0 Å². The molecule has 0 unspecified atom stereocenters. The van der Waals surface area contributed by atoms with E-state index in [0.29, 0.717) is 6.10 Å². The minimum atomic E-state index is -0.352. The first-order chi connectivity index (χ1) is 9.32. The van der Waals surface area contributed by atoms with Crippen molar-refractivity contribution in [1.82, 2.24) is 0 Å². The zero-order valence-corrected chi connectivity index (χ0v) is 11.6. The number of hydrogen-bond donors (Lipinski definition) is 0. The SMILES string of the molecule is O=C=NC1(c2cccc(OC3CSC3)c2)CCCC1. The van der Waals surface area contributed by atoms with Gasteiger partial charge in [0, 0.05) is 11.5 Å². The molecule has 1 saturated heterocycles. The molecule has 0 radical (unpaired) electrons. The van der Waals surface area contributed by atoms with Crippen molar-refractivity contribution in [2.24, 2.45) is 4.99 Å². The summed E-state index contributed by atoms with van der Waals surface area (Å²) in [5, 5.41) is 0. The smallest absolute Gasteiger partial charge is 0.235 e. The second kappa shape index (κ2) is 5.40. The number of thioether (sulfide) groups is 1. The minimum Gasteiger partial charge on any atom is -0.489 e. The van der Waals surface area contributed by atoms with E-state index in [2.05, 4.69) is 17.1 Å². The average molecular weight is 275 g/mol. The Morgan fingerprint density at radius 1 is 1.32 bits per heavy atom. The molecule has 4 heteroatoms. The molecule has 0 aromatic heterocycles. The van der Waals surface area contributed by atoms with Gasteiger partial charge < -0.3 is 4.74 Å². The summed E-state index contributed by atoms with van der Waals surface area (Å²) < 4.78 is 5.91. The van der Waals surface area contributed by atoms with Crippen molar-refractivity contribution in [1.29, 1.82) is 0 Å². The highest BCUT2D eigenvalue weighted by Crippen LogP contribution is 2.43. The van der Waals surface area contributed by atoms with Crippen LogP contribution in [-0.2, 0) is 10.3 Å². The summed E-state index contributed by atoms with van der Waals surface area (Å²) in [6.45, 7) is 0. The number of aliphatic imine (C=N–C) groups is 1. The van der Waals surface area contributed by atoms with Gasteiger partial charge in [-0.1, -0.05) is 25.0 Å². The van der Waals surface area contributed by atoms with Gasteiger partial charge in [-0.05, 0) is 30.5 Å². The number of isocyanates is 1. The second-order valence-corrected chi connectivity index (χ2v) is 6.32. The summed E-state index contributed by atoms with van der Waals surface area (Å²) >= 11 is 1.91. The summed E-state index contributed by atoms with van der Waals surface area (Å²) in [5.41, 5.74) is 0.744. The van der Waals surface area contributed by atoms with Crippen LogP contribution in [0.15, 0.2) is 29.3 Å². The van der Waals surface area contributed by atoms with Gasteiger partial charge in [-0.2, -0.15) is 16.8 Å². The molecule has 2 fully saturated rings. The molecule has 0 bridgehead atoms. The van der Waals surface area contributed by atoms with E-state index in [0.717, 1.165) is 48.5 Å². The molecule has 1 heterocycles. The van der Waals surface area contributed by atoms with Crippen LogP contribution >= 0.6 is 11.8 Å². The molecule has 0 atom stereocenters. The van der Waals surface area contributed by atoms with E-state index in [9.17, 15) is 4.79 Å². The maximum atomic E-state index is 10.7. The monoisotopic (exact) mass is 275 g/mol.